The van der Waals surface area contributed by atoms with Crippen molar-refractivity contribution >= 4 is 72.3 Å². The summed E-state index contributed by atoms with van der Waals surface area (Å²) < 4.78 is 0. The van der Waals surface area contributed by atoms with Crippen molar-refractivity contribution < 1.29 is 29.4 Å². The fourth-order valence-electron chi connectivity index (χ4n) is 2.40. The number of rotatable bonds is 12. The molecule has 8 nitrogen and oxygen atoms in total. The third-order valence-electron chi connectivity index (χ3n) is 3.93. The molecule has 28 heavy (non-hydrogen) atoms. The average Bonchev–Trinajstić information content (AvgIpc) is 3.08. The number of aliphatic carboxylic acids is 2. The Balaban J connectivity index is 0. The minimum Gasteiger partial charge on any atom is -0.481 e. The molecule has 1 fully saturated rings. The summed E-state index contributed by atoms with van der Waals surface area (Å²) in [6.07, 6.45) is 3.76. The lowest BCUT2D eigenvalue weighted by molar-refractivity contribution is -0.142. The van der Waals surface area contributed by atoms with Gasteiger partial charge in [-0.25, -0.2) is 0 Å². The lowest BCUT2D eigenvalue weighted by Gasteiger charge is -2.19. The molecule has 1 saturated heterocycles. The maximum Gasteiger partial charge on any atom is 0.325 e. The summed E-state index contributed by atoms with van der Waals surface area (Å²) >= 11 is 0. The third kappa shape index (κ3) is 12.7. The minimum absolute atomic E-state index is 0. The zero-order chi connectivity index (χ0) is 19.5. The van der Waals surface area contributed by atoms with E-state index in [1.165, 1.54) is 19.1 Å². The molecule has 0 radical (unpaired) electrons. The Bertz CT molecular complexity index is 517. The zero-order valence-corrected chi connectivity index (χ0v) is 19.4. The van der Waals surface area contributed by atoms with Crippen molar-refractivity contribution in [3.05, 3.63) is 0 Å². The van der Waals surface area contributed by atoms with Gasteiger partial charge in [-0.2, -0.15) is 27.0 Å². The highest BCUT2D eigenvalue weighted by Gasteiger charge is 2.24. The summed E-state index contributed by atoms with van der Waals surface area (Å²) in [4.78, 5) is 45.7. The van der Waals surface area contributed by atoms with Gasteiger partial charge in [-0.15, -0.1) is 0 Å². The molecule has 12 heteroatoms. The molecule has 0 spiro atoms. The highest BCUT2D eigenvalue weighted by molar-refractivity contribution is 8.77. The predicted molar refractivity (Wildman–Crippen MR) is 122 cm³/mol. The first-order valence-corrected chi connectivity index (χ1v) is 11.0. The van der Waals surface area contributed by atoms with Crippen molar-refractivity contribution in [3.63, 3.8) is 0 Å². The molecule has 164 valence electrons. The van der Waals surface area contributed by atoms with Gasteiger partial charge in [0.25, 0.3) is 0 Å². The second-order valence-electron chi connectivity index (χ2n) is 6.20. The van der Waals surface area contributed by atoms with Crippen molar-refractivity contribution in [2.75, 3.05) is 5.75 Å². The van der Waals surface area contributed by atoms with Crippen molar-refractivity contribution in [1.29, 1.82) is 0 Å². The Morgan fingerprint density at radius 2 is 1.75 bits per heavy atom. The highest BCUT2D eigenvalue weighted by atomic mass is 33.1. The lowest BCUT2D eigenvalue weighted by Crippen LogP contribution is -2.50. The molecule has 0 aromatic rings. The monoisotopic (exact) mass is 474 g/mol. The van der Waals surface area contributed by atoms with Crippen LogP contribution in [0.2, 0.25) is 0 Å². The van der Waals surface area contributed by atoms with Crippen LogP contribution in [0.1, 0.15) is 51.9 Å². The summed E-state index contributed by atoms with van der Waals surface area (Å²) in [7, 11) is 3.77. The van der Waals surface area contributed by atoms with Gasteiger partial charge in [0.2, 0.25) is 11.8 Å². The average molecular weight is 475 g/mol. The standard InChI is InChI=1S/C16H26N2O6S2.2H2S/c1-10(16(23)24)17-15(22)12(6-7-14(20)21)18-13(19)5-3-2-4-11-8-9-25-26-11;;/h10-12H,2-9H2,1H3,(H,17,22)(H,18,19)(H,20,21)(H,23,24);2*1H2/t10-,11?,12-;;/m0../s1. The topological polar surface area (TPSA) is 133 Å². The van der Waals surface area contributed by atoms with Gasteiger partial charge in [0.15, 0.2) is 0 Å². The van der Waals surface area contributed by atoms with Crippen molar-refractivity contribution in [2.45, 2.75) is 69.2 Å². The Kier molecular flexibility index (Phi) is 17.0. The molecule has 0 aliphatic carbocycles. The molecular formula is C16H30N2O6S4. The fraction of sp³-hybridized carbons (Fsp3) is 0.750. The molecular weight excluding hydrogens is 444 g/mol. The highest BCUT2D eigenvalue weighted by Crippen LogP contribution is 2.39. The number of carboxylic acid groups (broad SMARTS) is 2. The van der Waals surface area contributed by atoms with Crippen LogP contribution in [0.15, 0.2) is 0 Å². The smallest absolute Gasteiger partial charge is 0.325 e. The van der Waals surface area contributed by atoms with E-state index < -0.39 is 29.9 Å². The van der Waals surface area contributed by atoms with Gasteiger partial charge in [-0.3, -0.25) is 19.2 Å². The molecule has 1 unspecified atom stereocenters. The Morgan fingerprint density at radius 3 is 2.29 bits per heavy atom. The molecule has 0 aromatic carbocycles. The van der Waals surface area contributed by atoms with E-state index in [-0.39, 0.29) is 52.2 Å². The number of carbonyl (C=O) groups is 4. The van der Waals surface area contributed by atoms with E-state index in [1.54, 1.807) is 0 Å². The Labute approximate surface area is 187 Å². The van der Waals surface area contributed by atoms with E-state index in [9.17, 15) is 19.2 Å². The van der Waals surface area contributed by atoms with Crippen LogP contribution in [0, 0.1) is 0 Å². The van der Waals surface area contributed by atoms with Gasteiger partial charge >= 0.3 is 11.9 Å². The zero-order valence-electron chi connectivity index (χ0n) is 15.7. The molecule has 0 bridgehead atoms. The van der Waals surface area contributed by atoms with Gasteiger partial charge in [-0.05, 0) is 32.6 Å². The third-order valence-corrected chi connectivity index (χ3v) is 6.94. The van der Waals surface area contributed by atoms with E-state index >= 15 is 0 Å². The lowest BCUT2D eigenvalue weighted by atomic mass is 10.1. The quantitative estimate of drug-likeness (QED) is 0.249. The van der Waals surface area contributed by atoms with E-state index in [2.05, 4.69) is 10.6 Å². The first kappa shape index (κ1) is 29.5. The van der Waals surface area contributed by atoms with Crippen LogP contribution in [-0.4, -0.2) is 57.1 Å². The molecule has 1 heterocycles. The molecule has 1 aliphatic heterocycles. The molecule has 1 rings (SSSR count). The molecule has 1 aliphatic rings. The second-order valence-corrected chi connectivity index (χ2v) is 8.98. The summed E-state index contributed by atoms with van der Waals surface area (Å²) in [5.74, 6) is -2.13. The van der Waals surface area contributed by atoms with Crippen LogP contribution in [0.25, 0.3) is 0 Å². The van der Waals surface area contributed by atoms with Crippen molar-refractivity contribution in [1.82, 2.24) is 10.6 Å². The van der Waals surface area contributed by atoms with E-state index in [0.717, 1.165) is 12.8 Å². The second kappa shape index (κ2) is 16.1. The molecule has 0 aromatic heterocycles. The maximum atomic E-state index is 12.1. The number of carboxylic acids is 2. The number of amides is 2. The van der Waals surface area contributed by atoms with Crippen LogP contribution >= 0.6 is 48.6 Å². The van der Waals surface area contributed by atoms with E-state index in [4.69, 9.17) is 10.2 Å². The number of hydrogen-bond acceptors (Lipinski definition) is 6. The van der Waals surface area contributed by atoms with Crippen LogP contribution in [0.4, 0.5) is 0 Å². The molecule has 4 N–H and O–H groups in total. The number of hydrogen-bond donors (Lipinski definition) is 4. The normalized spacial score (nSPS) is 17.4. The Hall–Kier alpha value is -0.720. The van der Waals surface area contributed by atoms with Gasteiger partial charge in [0, 0.05) is 23.8 Å². The SMILES string of the molecule is C[C@H](NC(=O)[C@H](CCC(=O)O)NC(=O)CCCCC1CCSS1)C(=O)O.S.S. The van der Waals surface area contributed by atoms with E-state index in [0.29, 0.717) is 11.7 Å². The fourth-order valence-corrected chi connectivity index (χ4v) is 5.43. The van der Waals surface area contributed by atoms with Crippen LogP contribution in [-0.2, 0) is 19.2 Å². The largest absolute Gasteiger partial charge is 0.481 e. The van der Waals surface area contributed by atoms with Gasteiger partial charge in [0.05, 0.1) is 0 Å². The predicted octanol–water partition coefficient (Wildman–Crippen LogP) is 1.87. The molecule has 2 amide bonds. The minimum atomic E-state index is -1.20. The summed E-state index contributed by atoms with van der Waals surface area (Å²) in [6, 6.07) is -2.17. The molecule has 3 atom stereocenters. The van der Waals surface area contributed by atoms with E-state index in [1.807, 2.05) is 21.6 Å². The number of unbranched alkanes of at least 4 members (excludes halogenated alkanes) is 1. The van der Waals surface area contributed by atoms with Gasteiger partial charge in [0.1, 0.15) is 12.1 Å². The maximum absolute atomic E-state index is 12.1. The first-order chi connectivity index (χ1) is 12.3. The first-order valence-electron chi connectivity index (χ1n) is 8.62. The van der Waals surface area contributed by atoms with Crippen molar-refractivity contribution in [3.8, 4) is 0 Å². The van der Waals surface area contributed by atoms with Crippen LogP contribution in [0.3, 0.4) is 0 Å². The van der Waals surface area contributed by atoms with Crippen LogP contribution < -0.4 is 10.6 Å². The summed E-state index contributed by atoms with van der Waals surface area (Å²) in [5.41, 5.74) is 0. The summed E-state index contributed by atoms with van der Waals surface area (Å²) in [5, 5.41) is 23.1. The molecule has 0 saturated carbocycles. The summed E-state index contributed by atoms with van der Waals surface area (Å²) in [6.45, 7) is 1.30. The van der Waals surface area contributed by atoms with Gasteiger partial charge in [-0.1, -0.05) is 28.0 Å². The van der Waals surface area contributed by atoms with Crippen molar-refractivity contribution in [2.24, 2.45) is 0 Å². The Morgan fingerprint density at radius 1 is 1.07 bits per heavy atom. The van der Waals surface area contributed by atoms with Crippen LogP contribution in [0.5, 0.6) is 0 Å². The number of carbonyl (C=O) groups excluding carboxylic acids is 2. The number of nitrogens with one attached hydrogen (secondary N) is 2. The van der Waals surface area contributed by atoms with Gasteiger partial charge < -0.3 is 20.8 Å².